The number of aromatic nitrogens is 2. The highest BCUT2D eigenvalue weighted by atomic mass is 32.1. The first kappa shape index (κ1) is 16.6. The van der Waals surface area contributed by atoms with E-state index in [1.165, 1.54) is 49.9 Å². The van der Waals surface area contributed by atoms with Crippen LogP contribution >= 0.6 is 11.3 Å². The second-order valence-corrected chi connectivity index (χ2v) is 7.67. The minimum Gasteiger partial charge on any atom is -0.337 e. The van der Waals surface area contributed by atoms with Crippen LogP contribution in [0.15, 0.2) is 0 Å². The SMILES string of the molecule is CCN1CC[C@H](CNC(=O)Nc2nnc(C3CCCCC3)s2)C1. The Kier molecular flexibility index (Phi) is 5.83. The van der Waals surface area contributed by atoms with Crippen molar-refractivity contribution in [3.63, 3.8) is 0 Å². The smallest absolute Gasteiger partial charge is 0.321 e. The molecule has 1 atom stereocenters. The van der Waals surface area contributed by atoms with Gasteiger partial charge < -0.3 is 10.2 Å². The second kappa shape index (κ2) is 8.06. The van der Waals surface area contributed by atoms with Crippen LogP contribution in [0.25, 0.3) is 0 Å². The van der Waals surface area contributed by atoms with Gasteiger partial charge in [0.15, 0.2) is 0 Å². The van der Waals surface area contributed by atoms with Crippen LogP contribution in [-0.2, 0) is 0 Å². The number of amides is 2. The maximum absolute atomic E-state index is 12.0. The first-order chi connectivity index (χ1) is 11.2. The molecular formula is C16H27N5OS. The molecule has 0 radical (unpaired) electrons. The van der Waals surface area contributed by atoms with Crippen LogP contribution in [-0.4, -0.2) is 47.3 Å². The summed E-state index contributed by atoms with van der Waals surface area (Å²) in [6.07, 6.45) is 7.47. The van der Waals surface area contributed by atoms with Gasteiger partial charge in [0.05, 0.1) is 0 Å². The quantitative estimate of drug-likeness (QED) is 0.866. The van der Waals surface area contributed by atoms with Gasteiger partial charge in [-0.25, -0.2) is 4.79 Å². The summed E-state index contributed by atoms with van der Waals surface area (Å²) in [6, 6.07) is -0.161. The lowest BCUT2D eigenvalue weighted by Gasteiger charge is -2.18. The molecule has 6 nitrogen and oxygen atoms in total. The van der Waals surface area contributed by atoms with E-state index in [1.54, 1.807) is 0 Å². The molecule has 0 bridgehead atoms. The van der Waals surface area contributed by atoms with Crippen molar-refractivity contribution in [1.82, 2.24) is 20.4 Å². The van der Waals surface area contributed by atoms with Crippen LogP contribution in [0.3, 0.4) is 0 Å². The van der Waals surface area contributed by atoms with Gasteiger partial charge in [-0.05, 0) is 38.3 Å². The fourth-order valence-electron chi connectivity index (χ4n) is 3.54. The zero-order valence-electron chi connectivity index (χ0n) is 13.9. The lowest BCUT2D eigenvalue weighted by molar-refractivity contribution is 0.250. The number of nitrogens with one attached hydrogen (secondary N) is 2. The van der Waals surface area contributed by atoms with E-state index >= 15 is 0 Å². The number of urea groups is 1. The summed E-state index contributed by atoms with van der Waals surface area (Å²) < 4.78 is 0. The van der Waals surface area contributed by atoms with E-state index in [0.717, 1.165) is 31.2 Å². The van der Waals surface area contributed by atoms with Crippen molar-refractivity contribution in [1.29, 1.82) is 0 Å². The average Bonchev–Trinajstić information content (AvgIpc) is 3.23. The van der Waals surface area contributed by atoms with Crippen LogP contribution in [0.2, 0.25) is 0 Å². The summed E-state index contributed by atoms with van der Waals surface area (Å²) >= 11 is 1.53. The minimum absolute atomic E-state index is 0.161. The van der Waals surface area contributed by atoms with Crippen molar-refractivity contribution in [3.05, 3.63) is 5.01 Å². The van der Waals surface area contributed by atoms with E-state index in [4.69, 9.17) is 0 Å². The van der Waals surface area contributed by atoms with Gasteiger partial charge in [-0.1, -0.05) is 37.5 Å². The van der Waals surface area contributed by atoms with Crippen molar-refractivity contribution in [2.45, 2.75) is 51.4 Å². The molecule has 0 spiro atoms. The number of carbonyl (C=O) groups excluding carboxylic acids is 1. The van der Waals surface area contributed by atoms with Crippen LogP contribution < -0.4 is 10.6 Å². The Balaban J connectivity index is 1.42. The zero-order valence-corrected chi connectivity index (χ0v) is 14.7. The Morgan fingerprint density at radius 3 is 2.83 bits per heavy atom. The Morgan fingerprint density at radius 1 is 1.26 bits per heavy atom. The Hall–Kier alpha value is -1.21. The monoisotopic (exact) mass is 337 g/mol. The molecule has 0 unspecified atom stereocenters. The summed E-state index contributed by atoms with van der Waals surface area (Å²) in [4.78, 5) is 14.4. The molecule has 7 heteroatoms. The number of anilines is 1. The molecule has 2 heterocycles. The van der Waals surface area contributed by atoms with Gasteiger partial charge in [-0.15, -0.1) is 10.2 Å². The summed E-state index contributed by atoms with van der Waals surface area (Å²) in [5.41, 5.74) is 0. The molecule has 128 valence electrons. The molecule has 1 aromatic rings. The first-order valence-corrected chi connectivity index (χ1v) is 9.67. The predicted octanol–water partition coefficient (Wildman–Crippen LogP) is 3.05. The number of nitrogens with zero attached hydrogens (tertiary/aromatic N) is 3. The maximum Gasteiger partial charge on any atom is 0.321 e. The molecule has 2 aliphatic rings. The van der Waals surface area contributed by atoms with Crippen LogP contribution in [0.4, 0.5) is 9.93 Å². The Labute approximate surface area is 142 Å². The minimum atomic E-state index is -0.161. The normalized spacial score (nSPS) is 23.1. The lowest BCUT2D eigenvalue weighted by atomic mass is 9.90. The van der Waals surface area contributed by atoms with Gasteiger partial charge in [-0.2, -0.15) is 0 Å². The number of rotatable bonds is 5. The van der Waals surface area contributed by atoms with E-state index in [2.05, 4.69) is 32.7 Å². The van der Waals surface area contributed by atoms with Gasteiger partial charge in [0.1, 0.15) is 5.01 Å². The fraction of sp³-hybridized carbons (Fsp3) is 0.812. The molecule has 2 fully saturated rings. The number of hydrogen-bond acceptors (Lipinski definition) is 5. The van der Waals surface area contributed by atoms with Crippen LogP contribution in [0, 0.1) is 5.92 Å². The number of likely N-dealkylation sites (tertiary alicyclic amines) is 1. The molecule has 2 N–H and O–H groups in total. The van der Waals surface area contributed by atoms with Crippen molar-refractivity contribution < 1.29 is 4.79 Å². The van der Waals surface area contributed by atoms with E-state index in [0.29, 0.717) is 17.0 Å². The van der Waals surface area contributed by atoms with Gasteiger partial charge in [0.2, 0.25) is 5.13 Å². The summed E-state index contributed by atoms with van der Waals surface area (Å²) in [5, 5.41) is 15.9. The Morgan fingerprint density at radius 2 is 2.09 bits per heavy atom. The third-order valence-corrected chi connectivity index (χ3v) is 5.99. The third-order valence-electron chi connectivity index (χ3n) is 4.98. The van der Waals surface area contributed by atoms with Crippen molar-refractivity contribution >= 4 is 22.5 Å². The highest BCUT2D eigenvalue weighted by molar-refractivity contribution is 7.15. The molecule has 1 saturated heterocycles. The molecule has 3 rings (SSSR count). The molecule has 1 aromatic heterocycles. The molecule has 23 heavy (non-hydrogen) atoms. The summed E-state index contributed by atoms with van der Waals surface area (Å²) in [6.45, 7) is 6.24. The first-order valence-electron chi connectivity index (χ1n) is 8.85. The van der Waals surface area contributed by atoms with Crippen LogP contribution in [0.1, 0.15) is 56.4 Å². The van der Waals surface area contributed by atoms with Gasteiger partial charge in [0, 0.05) is 19.0 Å². The number of carbonyl (C=O) groups is 1. The summed E-state index contributed by atoms with van der Waals surface area (Å²) in [7, 11) is 0. The van der Waals surface area contributed by atoms with Crippen molar-refractivity contribution in [3.8, 4) is 0 Å². The molecule has 1 aliphatic carbocycles. The average molecular weight is 337 g/mol. The van der Waals surface area contributed by atoms with E-state index in [9.17, 15) is 4.79 Å². The molecular weight excluding hydrogens is 310 g/mol. The molecule has 1 aliphatic heterocycles. The maximum atomic E-state index is 12.0. The molecule has 1 saturated carbocycles. The highest BCUT2D eigenvalue weighted by Gasteiger charge is 2.22. The number of hydrogen-bond donors (Lipinski definition) is 2. The van der Waals surface area contributed by atoms with Gasteiger partial charge in [0.25, 0.3) is 0 Å². The van der Waals surface area contributed by atoms with Crippen molar-refractivity contribution in [2.75, 3.05) is 31.5 Å². The van der Waals surface area contributed by atoms with Gasteiger partial charge >= 0.3 is 6.03 Å². The van der Waals surface area contributed by atoms with Gasteiger partial charge in [-0.3, -0.25) is 5.32 Å². The van der Waals surface area contributed by atoms with E-state index in [-0.39, 0.29) is 6.03 Å². The molecule has 2 amide bonds. The van der Waals surface area contributed by atoms with Crippen LogP contribution in [0.5, 0.6) is 0 Å². The Bertz CT molecular complexity index is 514. The fourth-order valence-corrected chi connectivity index (χ4v) is 4.45. The second-order valence-electron chi connectivity index (χ2n) is 6.66. The highest BCUT2D eigenvalue weighted by Crippen LogP contribution is 2.35. The predicted molar refractivity (Wildman–Crippen MR) is 93.0 cm³/mol. The topological polar surface area (TPSA) is 70.2 Å². The standard InChI is InChI=1S/C16H27N5OS/c1-2-21-9-8-12(11-21)10-17-15(22)18-16-20-19-14(23-16)13-6-4-3-5-7-13/h12-13H,2-11H2,1H3,(H2,17,18,20,22)/t12-/m1/s1. The zero-order chi connectivity index (χ0) is 16.1. The molecule has 0 aromatic carbocycles. The van der Waals surface area contributed by atoms with Crippen molar-refractivity contribution in [2.24, 2.45) is 5.92 Å². The van der Waals surface area contributed by atoms with E-state index in [1.807, 2.05) is 0 Å². The summed E-state index contributed by atoms with van der Waals surface area (Å²) in [5.74, 6) is 1.10. The van der Waals surface area contributed by atoms with E-state index < -0.39 is 0 Å². The third kappa shape index (κ3) is 4.64. The largest absolute Gasteiger partial charge is 0.337 e. The lowest BCUT2D eigenvalue weighted by Crippen LogP contribution is -2.34.